The Balaban J connectivity index is 1.69. The van der Waals surface area contributed by atoms with Gasteiger partial charge in [-0.1, -0.05) is 12.1 Å². The summed E-state index contributed by atoms with van der Waals surface area (Å²) in [5.41, 5.74) is 0.935. The Morgan fingerprint density at radius 2 is 2.05 bits per heavy atom. The number of benzene rings is 1. The van der Waals surface area contributed by atoms with Gasteiger partial charge in [0.15, 0.2) is 0 Å². The molecule has 20 heavy (non-hydrogen) atoms. The second-order valence-electron chi connectivity index (χ2n) is 5.67. The van der Waals surface area contributed by atoms with Crippen LogP contribution in [-0.2, 0) is 11.3 Å². The van der Waals surface area contributed by atoms with E-state index in [4.69, 9.17) is 0 Å². The van der Waals surface area contributed by atoms with Gasteiger partial charge in [-0.15, -0.1) is 0 Å². The van der Waals surface area contributed by atoms with Crippen LogP contribution in [-0.4, -0.2) is 40.6 Å². The van der Waals surface area contributed by atoms with Crippen molar-refractivity contribution in [3.8, 4) is 0 Å². The highest BCUT2D eigenvalue weighted by molar-refractivity contribution is 5.83. The zero-order chi connectivity index (χ0) is 14.1. The Hall–Kier alpha value is -1.46. The molecule has 1 aliphatic heterocycles. The van der Waals surface area contributed by atoms with Gasteiger partial charge in [0.25, 0.3) is 0 Å². The molecule has 1 amide bonds. The molecule has 4 nitrogen and oxygen atoms in total. The molecular weight excluding hydrogens is 259 g/mol. The Kier molecular flexibility index (Phi) is 3.72. The molecule has 1 heterocycles. The van der Waals surface area contributed by atoms with Crippen LogP contribution in [0.5, 0.6) is 0 Å². The lowest BCUT2D eigenvalue weighted by Crippen LogP contribution is -2.44. The second kappa shape index (κ2) is 5.50. The molecule has 2 N–H and O–H groups in total. The second-order valence-corrected chi connectivity index (χ2v) is 5.67. The fourth-order valence-electron chi connectivity index (χ4n) is 2.67. The summed E-state index contributed by atoms with van der Waals surface area (Å²) >= 11 is 0. The molecule has 0 radical (unpaired) electrons. The number of halogens is 1. The molecule has 3 rings (SSSR count). The van der Waals surface area contributed by atoms with E-state index in [0.29, 0.717) is 25.6 Å². The van der Waals surface area contributed by atoms with Crippen LogP contribution >= 0.6 is 0 Å². The first-order valence-corrected chi connectivity index (χ1v) is 7.10. The standard InChI is InChI=1S/C15H19FN2O2/c16-11-3-1-10(2-4-11)9-18(12-5-6-12)15(20)14-7-13(19)8-17-14/h1-4,12-14,17,19H,5-9H2. The maximum Gasteiger partial charge on any atom is 0.240 e. The lowest BCUT2D eigenvalue weighted by Gasteiger charge is -2.25. The van der Waals surface area contributed by atoms with Crippen LogP contribution < -0.4 is 5.32 Å². The number of carbonyl (C=O) groups is 1. The molecular formula is C15H19FN2O2. The van der Waals surface area contributed by atoms with Crippen LogP contribution in [0.15, 0.2) is 24.3 Å². The van der Waals surface area contributed by atoms with Crippen LogP contribution in [0.3, 0.4) is 0 Å². The van der Waals surface area contributed by atoms with Gasteiger partial charge >= 0.3 is 0 Å². The van der Waals surface area contributed by atoms with Crippen molar-refractivity contribution in [3.05, 3.63) is 35.6 Å². The molecule has 1 aliphatic carbocycles. The molecule has 2 aliphatic rings. The fraction of sp³-hybridized carbons (Fsp3) is 0.533. The average molecular weight is 278 g/mol. The highest BCUT2D eigenvalue weighted by Gasteiger charge is 2.38. The van der Waals surface area contributed by atoms with Crippen LogP contribution in [0, 0.1) is 5.82 Å². The van der Waals surface area contributed by atoms with Gasteiger partial charge in [0.05, 0.1) is 12.1 Å². The Bertz CT molecular complexity index is 487. The molecule has 1 saturated heterocycles. The van der Waals surface area contributed by atoms with Gasteiger partial charge in [-0.05, 0) is 37.0 Å². The molecule has 2 fully saturated rings. The number of aliphatic hydroxyl groups is 1. The number of amides is 1. The molecule has 2 unspecified atom stereocenters. The summed E-state index contributed by atoms with van der Waals surface area (Å²) in [5, 5.41) is 12.6. The van der Waals surface area contributed by atoms with Crippen molar-refractivity contribution in [2.45, 2.75) is 44.0 Å². The average Bonchev–Trinajstić information content (AvgIpc) is 3.19. The number of β-amino-alcohol motifs (C(OH)–C–C–N with tert-alkyl or cyclic N) is 1. The number of hydrogen-bond acceptors (Lipinski definition) is 3. The minimum absolute atomic E-state index is 0.0494. The van der Waals surface area contributed by atoms with Gasteiger partial charge in [0.1, 0.15) is 5.82 Å². The first-order valence-electron chi connectivity index (χ1n) is 7.10. The Morgan fingerprint density at radius 3 is 2.60 bits per heavy atom. The van der Waals surface area contributed by atoms with Crippen molar-refractivity contribution in [2.24, 2.45) is 0 Å². The molecule has 5 heteroatoms. The van der Waals surface area contributed by atoms with Crippen molar-refractivity contribution in [1.82, 2.24) is 10.2 Å². The first-order chi connectivity index (χ1) is 9.63. The predicted molar refractivity (Wildman–Crippen MR) is 72.4 cm³/mol. The van der Waals surface area contributed by atoms with Gasteiger partial charge in [-0.2, -0.15) is 0 Å². The van der Waals surface area contributed by atoms with Crippen LogP contribution in [0.2, 0.25) is 0 Å². The molecule has 0 bridgehead atoms. The minimum atomic E-state index is -0.434. The van der Waals surface area contributed by atoms with E-state index < -0.39 is 6.10 Å². The number of nitrogens with one attached hydrogen (secondary N) is 1. The SMILES string of the molecule is O=C(C1CC(O)CN1)N(Cc1ccc(F)cc1)C1CC1. The monoisotopic (exact) mass is 278 g/mol. The first kappa shape index (κ1) is 13.5. The van der Waals surface area contributed by atoms with Gasteiger partial charge in [-0.25, -0.2) is 4.39 Å². The van der Waals surface area contributed by atoms with E-state index in [0.717, 1.165) is 18.4 Å². The van der Waals surface area contributed by atoms with Crippen LogP contribution in [0.25, 0.3) is 0 Å². The maximum atomic E-state index is 12.9. The number of rotatable bonds is 4. The van der Waals surface area contributed by atoms with E-state index in [-0.39, 0.29) is 17.8 Å². The van der Waals surface area contributed by atoms with E-state index in [1.54, 1.807) is 12.1 Å². The number of carbonyl (C=O) groups excluding carboxylic acids is 1. The predicted octanol–water partition coefficient (Wildman–Crippen LogP) is 1.04. The van der Waals surface area contributed by atoms with Gasteiger partial charge < -0.3 is 15.3 Å². The zero-order valence-corrected chi connectivity index (χ0v) is 11.3. The van der Waals surface area contributed by atoms with Gasteiger partial charge in [-0.3, -0.25) is 4.79 Å². The van der Waals surface area contributed by atoms with Crippen LogP contribution in [0.1, 0.15) is 24.8 Å². The molecule has 2 atom stereocenters. The summed E-state index contributed by atoms with van der Waals surface area (Å²) in [7, 11) is 0. The van der Waals surface area contributed by atoms with Crippen molar-refractivity contribution >= 4 is 5.91 Å². The summed E-state index contributed by atoms with van der Waals surface area (Å²) < 4.78 is 12.9. The van der Waals surface area contributed by atoms with Crippen LogP contribution in [0.4, 0.5) is 4.39 Å². The lowest BCUT2D eigenvalue weighted by molar-refractivity contribution is -0.134. The molecule has 108 valence electrons. The van der Waals surface area contributed by atoms with Gasteiger partial charge in [0.2, 0.25) is 5.91 Å². The molecule has 1 saturated carbocycles. The van der Waals surface area contributed by atoms with E-state index in [1.165, 1.54) is 12.1 Å². The fourth-order valence-corrected chi connectivity index (χ4v) is 2.67. The highest BCUT2D eigenvalue weighted by atomic mass is 19.1. The largest absolute Gasteiger partial charge is 0.392 e. The number of aliphatic hydroxyl groups excluding tert-OH is 1. The van der Waals surface area contributed by atoms with E-state index in [9.17, 15) is 14.3 Å². The number of nitrogens with zero attached hydrogens (tertiary/aromatic N) is 1. The van der Waals surface area contributed by atoms with Gasteiger partial charge in [0, 0.05) is 19.1 Å². The topological polar surface area (TPSA) is 52.6 Å². The van der Waals surface area contributed by atoms with E-state index in [1.807, 2.05) is 4.90 Å². The normalized spacial score (nSPS) is 25.7. The Labute approximate surface area is 117 Å². The third kappa shape index (κ3) is 2.99. The summed E-state index contributed by atoms with van der Waals surface area (Å²) in [6, 6.07) is 6.28. The lowest BCUT2D eigenvalue weighted by atomic mass is 10.1. The summed E-state index contributed by atoms with van der Waals surface area (Å²) in [5.74, 6) is -0.216. The summed E-state index contributed by atoms with van der Waals surface area (Å²) in [4.78, 5) is 14.4. The Morgan fingerprint density at radius 1 is 1.35 bits per heavy atom. The van der Waals surface area contributed by atoms with E-state index in [2.05, 4.69) is 5.32 Å². The quantitative estimate of drug-likeness (QED) is 0.865. The van der Waals surface area contributed by atoms with Crippen molar-refractivity contribution in [1.29, 1.82) is 0 Å². The molecule has 1 aromatic carbocycles. The smallest absolute Gasteiger partial charge is 0.240 e. The molecule has 0 aromatic heterocycles. The van der Waals surface area contributed by atoms with Crippen molar-refractivity contribution < 1.29 is 14.3 Å². The molecule has 1 aromatic rings. The third-order valence-electron chi connectivity index (χ3n) is 3.94. The van der Waals surface area contributed by atoms with E-state index >= 15 is 0 Å². The van der Waals surface area contributed by atoms with Crippen molar-refractivity contribution in [2.75, 3.05) is 6.54 Å². The summed E-state index contributed by atoms with van der Waals surface area (Å²) in [6.45, 7) is 0.990. The maximum absolute atomic E-state index is 12.9. The third-order valence-corrected chi connectivity index (χ3v) is 3.94. The zero-order valence-electron chi connectivity index (χ0n) is 11.3. The highest BCUT2D eigenvalue weighted by Crippen LogP contribution is 2.29. The van der Waals surface area contributed by atoms with Crippen molar-refractivity contribution in [3.63, 3.8) is 0 Å². The summed E-state index contributed by atoms with van der Waals surface area (Å²) in [6.07, 6.45) is 2.10. The minimum Gasteiger partial charge on any atom is -0.392 e. The number of hydrogen-bond donors (Lipinski definition) is 2. The molecule has 0 spiro atoms.